The van der Waals surface area contributed by atoms with Crippen molar-refractivity contribution in [1.82, 2.24) is 4.98 Å². The van der Waals surface area contributed by atoms with Crippen molar-refractivity contribution in [3.8, 4) is 17.3 Å². The number of anilines is 1. The molecule has 0 saturated carbocycles. The van der Waals surface area contributed by atoms with E-state index in [1.54, 1.807) is 17.5 Å². The second-order valence-electron chi connectivity index (χ2n) is 5.30. The van der Waals surface area contributed by atoms with Gasteiger partial charge in [-0.25, -0.2) is 22.9 Å². The third-order valence-corrected chi connectivity index (χ3v) is 5.21. The maximum absolute atomic E-state index is 13.0. The lowest BCUT2D eigenvalue weighted by Crippen LogP contribution is -2.11. The number of hydrogen-bond donors (Lipinski definition) is 2. The molecule has 10 heteroatoms. The second-order valence-corrected chi connectivity index (χ2v) is 7.72. The fourth-order valence-corrected chi connectivity index (χ4v) is 3.38. The predicted molar refractivity (Wildman–Crippen MR) is 101 cm³/mol. The van der Waals surface area contributed by atoms with Crippen molar-refractivity contribution in [3.05, 3.63) is 64.7 Å². The van der Waals surface area contributed by atoms with E-state index in [1.165, 1.54) is 47.7 Å². The molecule has 0 spiro atoms. The minimum atomic E-state index is -3.77. The Hall–Kier alpha value is -3.13. The van der Waals surface area contributed by atoms with E-state index in [-0.39, 0.29) is 16.4 Å². The number of nitrogens with one attached hydrogen (secondary N) is 1. The third kappa shape index (κ3) is 4.53. The number of hydrogen-bond acceptors (Lipinski definition) is 7. The lowest BCUT2D eigenvalue weighted by atomic mass is 10.2. The maximum atomic E-state index is 13.0. The second kappa shape index (κ2) is 7.63. The van der Waals surface area contributed by atoms with Crippen LogP contribution in [0.15, 0.2) is 63.9 Å². The summed E-state index contributed by atoms with van der Waals surface area (Å²) in [6.45, 7) is 0. The molecule has 1 aromatic heterocycles. The average molecular weight is 401 g/mol. The summed E-state index contributed by atoms with van der Waals surface area (Å²) >= 11 is 1.23. The number of nitrogens with two attached hydrogens (primary N) is 1. The highest BCUT2D eigenvalue weighted by molar-refractivity contribution is 7.89. The number of rotatable bonds is 5. The van der Waals surface area contributed by atoms with E-state index in [0.717, 1.165) is 5.56 Å². The molecule has 0 saturated heterocycles. The Labute approximate surface area is 158 Å². The fraction of sp³-hybridized carbons (Fsp3) is 0. The number of hydrazone groups is 1. The number of sulfonamides is 1. The molecule has 1 heterocycles. The van der Waals surface area contributed by atoms with E-state index >= 15 is 0 Å². The topological polar surface area (TPSA) is 121 Å². The molecule has 3 rings (SSSR count). The average Bonchev–Trinajstić information content (AvgIpc) is 3.12. The first-order chi connectivity index (χ1) is 12.9. The van der Waals surface area contributed by atoms with Crippen LogP contribution in [0, 0.1) is 17.1 Å². The summed E-state index contributed by atoms with van der Waals surface area (Å²) in [4.78, 5) is 4.32. The van der Waals surface area contributed by atoms with Crippen molar-refractivity contribution in [3.63, 3.8) is 0 Å². The van der Waals surface area contributed by atoms with Crippen molar-refractivity contribution in [2.24, 2.45) is 10.2 Å². The maximum Gasteiger partial charge on any atom is 0.238 e. The number of thiazole rings is 1. The van der Waals surface area contributed by atoms with E-state index in [2.05, 4.69) is 15.5 Å². The Kier molecular flexibility index (Phi) is 5.27. The molecule has 0 aliphatic heterocycles. The van der Waals surface area contributed by atoms with Gasteiger partial charge in [0.05, 0.1) is 16.3 Å². The van der Waals surface area contributed by atoms with Crippen LogP contribution < -0.4 is 10.6 Å². The van der Waals surface area contributed by atoms with Gasteiger partial charge in [-0.3, -0.25) is 5.43 Å². The Morgan fingerprint density at radius 1 is 1.19 bits per heavy atom. The van der Waals surface area contributed by atoms with Crippen LogP contribution in [0.4, 0.5) is 10.1 Å². The minimum Gasteiger partial charge on any atom is -0.277 e. The molecule has 136 valence electrons. The van der Waals surface area contributed by atoms with E-state index in [9.17, 15) is 18.1 Å². The summed E-state index contributed by atoms with van der Waals surface area (Å²) in [7, 11) is -3.77. The van der Waals surface area contributed by atoms with Gasteiger partial charge in [0.25, 0.3) is 0 Å². The van der Waals surface area contributed by atoms with Gasteiger partial charge in [0, 0.05) is 10.9 Å². The van der Waals surface area contributed by atoms with Crippen LogP contribution in [-0.2, 0) is 10.0 Å². The van der Waals surface area contributed by atoms with Crippen LogP contribution in [0.3, 0.4) is 0 Å². The Morgan fingerprint density at radius 2 is 1.85 bits per heavy atom. The predicted octanol–water partition coefficient (Wildman–Crippen LogP) is 2.94. The molecule has 3 N–H and O–H groups in total. The largest absolute Gasteiger partial charge is 0.277 e. The van der Waals surface area contributed by atoms with Crippen LogP contribution >= 0.6 is 11.3 Å². The molecular formula is C17H12FN5O2S2. The first kappa shape index (κ1) is 18.7. The Balaban J connectivity index is 1.79. The van der Waals surface area contributed by atoms with Crippen LogP contribution in [0.2, 0.25) is 0 Å². The van der Waals surface area contributed by atoms with Gasteiger partial charge in [0.1, 0.15) is 11.9 Å². The van der Waals surface area contributed by atoms with Gasteiger partial charge in [-0.2, -0.15) is 10.4 Å². The first-order valence-corrected chi connectivity index (χ1v) is 9.88. The molecule has 0 aliphatic carbocycles. The molecular weight excluding hydrogens is 389 g/mol. The smallest absolute Gasteiger partial charge is 0.238 e. The summed E-state index contributed by atoms with van der Waals surface area (Å²) in [5.74, 6) is -0.342. The molecule has 0 aliphatic rings. The summed E-state index contributed by atoms with van der Waals surface area (Å²) in [6.07, 6.45) is 0. The zero-order valence-electron chi connectivity index (χ0n) is 13.6. The van der Waals surface area contributed by atoms with E-state index in [1.807, 2.05) is 6.07 Å². The Morgan fingerprint density at radius 3 is 2.44 bits per heavy atom. The molecule has 7 nitrogen and oxygen atoms in total. The van der Waals surface area contributed by atoms with E-state index in [0.29, 0.717) is 16.4 Å². The zero-order chi connectivity index (χ0) is 19.4. The zero-order valence-corrected chi connectivity index (χ0v) is 15.3. The molecule has 0 fully saturated rings. The number of halogens is 1. The quantitative estimate of drug-likeness (QED) is 0.503. The first-order valence-electron chi connectivity index (χ1n) is 7.45. The van der Waals surface area contributed by atoms with Crippen molar-refractivity contribution >= 4 is 32.8 Å². The highest BCUT2D eigenvalue weighted by Crippen LogP contribution is 2.22. The summed E-state index contributed by atoms with van der Waals surface area (Å²) < 4.78 is 35.5. The van der Waals surface area contributed by atoms with Crippen LogP contribution in [0.5, 0.6) is 0 Å². The minimum absolute atomic E-state index is 0.0265. The van der Waals surface area contributed by atoms with Gasteiger partial charge >= 0.3 is 0 Å². The van der Waals surface area contributed by atoms with Gasteiger partial charge in [-0.1, -0.05) is 0 Å². The molecule has 0 radical (unpaired) electrons. The van der Waals surface area contributed by atoms with Crippen molar-refractivity contribution in [2.75, 3.05) is 5.43 Å². The van der Waals surface area contributed by atoms with Crippen molar-refractivity contribution < 1.29 is 12.8 Å². The highest BCUT2D eigenvalue weighted by atomic mass is 32.2. The van der Waals surface area contributed by atoms with Crippen LogP contribution in [-0.4, -0.2) is 19.1 Å². The van der Waals surface area contributed by atoms with Crippen LogP contribution in [0.1, 0.15) is 5.01 Å². The third-order valence-electron chi connectivity index (χ3n) is 3.43. The van der Waals surface area contributed by atoms with E-state index in [4.69, 9.17) is 5.14 Å². The molecule has 0 bridgehead atoms. The SMILES string of the molecule is N#CC(=NNc1ccc(S(N)(=O)=O)cc1)c1nc(-c2ccc(F)cc2)cs1. The van der Waals surface area contributed by atoms with Gasteiger partial charge in [0.15, 0.2) is 10.7 Å². The standard InChI is InChI=1S/C17H12FN5O2S2/c18-12-3-1-11(2-4-12)16-10-26-17(21-16)15(9-19)23-22-13-5-7-14(8-6-13)27(20,24)25/h1-8,10,22H,(H2,20,24,25). The molecule has 27 heavy (non-hydrogen) atoms. The molecule has 0 amide bonds. The van der Waals surface area contributed by atoms with Crippen LogP contribution in [0.25, 0.3) is 11.3 Å². The molecule has 2 aromatic carbocycles. The summed E-state index contributed by atoms with van der Waals surface area (Å²) in [6, 6.07) is 13.4. The van der Waals surface area contributed by atoms with Gasteiger partial charge in [0.2, 0.25) is 10.0 Å². The molecule has 3 aromatic rings. The van der Waals surface area contributed by atoms with Gasteiger partial charge in [-0.15, -0.1) is 11.3 Å². The lowest BCUT2D eigenvalue weighted by Gasteiger charge is -2.02. The normalized spacial score (nSPS) is 11.8. The van der Waals surface area contributed by atoms with Crippen molar-refractivity contribution in [1.29, 1.82) is 5.26 Å². The fourth-order valence-electron chi connectivity index (χ4n) is 2.10. The van der Waals surface area contributed by atoms with E-state index < -0.39 is 10.0 Å². The number of benzene rings is 2. The number of aromatic nitrogens is 1. The van der Waals surface area contributed by atoms with Gasteiger partial charge in [-0.05, 0) is 48.5 Å². The van der Waals surface area contributed by atoms with Crippen molar-refractivity contribution in [2.45, 2.75) is 4.90 Å². The molecule has 0 atom stereocenters. The summed E-state index contributed by atoms with van der Waals surface area (Å²) in [5, 5.41) is 20.5. The number of nitriles is 1. The number of primary sulfonamides is 1. The lowest BCUT2D eigenvalue weighted by molar-refractivity contribution is 0.598. The monoisotopic (exact) mass is 401 g/mol. The Bertz CT molecular complexity index is 1130. The highest BCUT2D eigenvalue weighted by Gasteiger charge is 2.11. The summed E-state index contributed by atoms with van der Waals surface area (Å²) in [5.41, 5.74) is 4.54. The number of nitrogens with zero attached hydrogens (tertiary/aromatic N) is 3. The molecule has 0 unspecified atom stereocenters. The van der Waals surface area contributed by atoms with Gasteiger partial charge < -0.3 is 0 Å².